The van der Waals surface area contributed by atoms with Crippen molar-refractivity contribution in [3.05, 3.63) is 0 Å². The van der Waals surface area contributed by atoms with Gasteiger partial charge in [0, 0.05) is 12.8 Å². The zero-order valence-electron chi connectivity index (χ0n) is 11.4. The maximum Gasteiger partial charge on any atom is 0.348 e. The Labute approximate surface area is 122 Å². The van der Waals surface area contributed by atoms with Crippen LogP contribution >= 0.6 is 0 Å². The maximum atomic E-state index is 11.6. The molecule has 0 heterocycles. The summed E-state index contributed by atoms with van der Waals surface area (Å²) < 4.78 is 14.0. The zero-order valence-corrected chi connectivity index (χ0v) is 11.4. The molecule has 21 heavy (non-hydrogen) atoms. The van der Waals surface area contributed by atoms with E-state index in [1.54, 1.807) is 0 Å². The Hall–Kier alpha value is -2.61. The summed E-state index contributed by atoms with van der Waals surface area (Å²) >= 11 is 0. The van der Waals surface area contributed by atoms with Crippen LogP contribution in [-0.2, 0) is 28.6 Å². The van der Waals surface area contributed by atoms with Crippen LogP contribution in [0.15, 0.2) is 0 Å². The highest BCUT2D eigenvalue weighted by Gasteiger charge is 2.25. The van der Waals surface area contributed by atoms with Crippen molar-refractivity contribution in [3.63, 3.8) is 0 Å². The van der Waals surface area contributed by atoms with E-state index < -0.39 is 24.5 Å². The lowest BCUT2D eigenvalue weighted by Gasteiger charge is -2.13. The van der Waals surface area contributed by atoms with Gasteiger partial charge in [-0.25, -0.2) is 4.79 Å². The monoisotopic (exact) mass is 296 g/mol. The van der Waals surface area contributed by atoms with Gasteiger partial charge in [0.05, 0.1) is 31.8 Å². The minimum atomic E-state index is -1.37. The second kappa shape index (κ2) is 12.4. The summed E-state index contributed by atoms with van der Waals surface area (Å²) in [5, 5.41) is 16.6. The third kappa shape index (κ3) is 9.91. The molecule has 0 aliphatic rings. The Morgan fingerprint density at radius 2 is 1.62 bits per heavy atom. The van der Waals surface area contributed by atoms with E-state index in [0.717, 1.165) is 0 Å². The van der Waals surface area contributed by atoms with Gasteiger partial charge in [-0.1, -0.05) is 0 Å². The molecule has 0 N–H and O–H groups in total. The van der Waals surface area contributed by atoms with Crippen LogP contribution in [0.4, 0.5) is 0 Å². The van der Waals surface area contributed by atoms with Crippen molar-refractivity contribution in [2.75, 3.05) is 13.2 Å². The number of ether oxygens (including phenoxy) is 3. The first-order chi connectivity index (χ1) is 10.2. The second-order valence-corrected chi connectivity index (χ2v) is 3.84. The SMILES string of the molecule is N#CCCCOC(=O)CC(OC=O)C(=O)OCCCC#N. The van der Waals surface area contributed by atoms with Gasteiger partial charge < -0.3 is 14.2 Å². The van der Waals surface area contributed by atoms with Crippen molar-refractivity contribution in [1.29, 1.82) is 10.5 Å². The van der Waals surface area contributed by atoms with E-state index in [0.29, 0.717) is 12.8 Å². The highest BCUT2D eigenvalue weighted by Crippen LogP contribution is 2.04. The summed E-state index contributed by atoms with van der Waals surface area (Å²) in [5.41, 5.74) is 0. The van der Waals surface area contributed by atoms with Gasteiger partial charge in [-0.15, -0.1) is 0 Å². The van der Waals surface area contributed by atoms with Crippen molar-refractivity contribution in [2.45, 2.75) is 38.2 Å². The Morgan fingerprint density at radius 3 is 2.14 bits per heavy atom. The number of rotatable bonds is 11. The number of esters is 2. The number of hydrogen-bond acceptors (Lipinski definition) is 8. The highest BCUT2D eigenvalue weighted by atomic mass is 16.6. The van der Waals surface area contributed by atoms with Gasteiger partial charge in [-0.05, 0) is 12.8 Å². The quantitative estimate of drug-likeness (QED) is 0.235. The van der Waals surface area contributed by atoms with Crippen LogP contribution in [0.3, 0.4) is 0 Å². The molecule has 1 atom stereocenters. The Morgan fingerprint density at radius 1 is 1.05 bits per heavy atom. The lowest BCUT2D eigenvalue weighted by atomic mass is 10.2. The van der Waals surface area contributed by atoms with E-state index in [9.17, 15) is 14.4 Å². The van der Waals surface area contributed by atoms with E-state index in [2.05, 4.69) is 4.74 Å². The predicted molar refractivity (Wildman–Crippen MR) is 67.2 cm³/mol. The van der Waals surface area contributed by atoms with E-state index in [-0.39, 0.29) is 32.5 Å². The second-order valence-electron chi connectivity index (χ2n) is 3.84. The minimum absolute atomic E-state index is 0.00231. The molecule has 0 amide bonds. The largest absolute Gasteiger partial charge is 0.466 e. The molecular formula is C13H16N2O6. The molecule has 0 spiro atoms. The molecule has 114 valence electrons. The summed E-state index contributed by atoms with van der Waals surface area (Å²) in [6, 6.07) is 3.78. The molecule has 0 aliphatic heterocycles. The van der Waals surface area contributed by atoms with Crippen molar-refractivity contribution in [1.82, 2.24) is 0 Å². The van der Waals surface area contributed by atoms with Crippen LogP contribution in [0.25, 0.3) is 0 Å². The average molecular weight is 296 g/mol. The molecule has 1 unspecified atom stereocenters. The minimum Gasteiger partial charge on any atom is -0.466 e. The molecule has 0 aromatic carbocycles. The van der Waals surface area contributed by atoms with Crippen LogP contribution in [0, 0.1) is 22.7 Å². The summed E-state index contributed by atoms with van der Waals surface area (Å²) in [6.45, 7) is 0.101. The normalized spacial score (nSPS) is 10.6. The number of carbonyl (C=O) groups excluding carboxylic acids is 3. The maximum absolute atomic E-state index is 11.6. The molecule has 8 heteroatoms. The Kier molecular flexibility index (Phi) is 10.9. The first kappa shape index (κ1) is 18.4. The lowest BCUT2D eigenvalue weighted by Crippen LogP contribution is -2.30. The van der Waals surface area contributed by atoms with Crippen molar-refractivity contribution in [3.8, 4) is 12.1 Å². The fraction of sp³-hybridized carbons (Fsp3) is 0.615. The first-order valence-electron chi connectivity index (χ1n) is 6.31. The number of carbonyl (C=O) groups is 3. The molecule has 0 radical (unpaired) electrons. The van der Waals surface area contributed by atoms with Crippen molar-refractivity contribution in [2.24, 2.45) is 0 Å². The molecule has 8 nitrogen and oxygen atoms in total. The fourth-order valence-electron chi connectivity index (χ4n) is 1.22. The van der Waals surface area contributed by atoms with E-state index >= 15 is 0 Å². The third-order valence-electron chi connectivity index (χ3n) is 2.21. The van der Waals surface area contributed by atoms with Gasteiger partial charge in [0.2, 0.25) is 6.10 Å². The van der Waals surface area contributed by atoms with Crippen LogP contribution in [0.2, 0.25) is 0 Å². The summed E-state index contributed by atoms with van der Waals surface area (Å²) in [4.78, 5) is 33.3. The highest BCUT2D eigenvalue weighted by molar-refractivity contribution is 5.82. The van der Waals surface area contributed by atoms with E-state index in [4.69, 9.17) is 20.0 Å². The van der Waals surface area contributed by atoms with Crippen molar-refractivity contribution < 1.29 is 28.6 Å². The van der Waals surface area contributed by atoms with Gasteiger partial charge in [-0.2, -0.15) is 10.5 Å². The fourth-order valence-corrected chi connectivity index (χ4v) is 1.22. The number of nitriles is 2. The Bertz CT molecular complexity index is 423. The van der Waals surface area contributed by atoms with Gasteiger partial charge in [0.25, 0.3) is 6.47 Å². The predicted octanol–water partition coefficient (Wildman–Crippen LogP) is 0.612. The molecule has 0 aliphatic carbocycles. The molecular weight excluding hydrogens is 280 g/mol. The summed E-state index contributed by atoms with van der Waals surface area (Å²) in [6.07, 6.45) is -0.597. The third-order valence-corrected chi connectivity index (χ3v) is 2.21. The standard InChI is InChI=1S/C13H16N2O6/c14-5-1-3-7-19-12(17)9-11(21-10-16)13(18)20-8-4-2-6-15/h10-11H,1-4,7-9H2. The van der Waals surface area contributed by atoms with Gasteiger partial charge in [0.1, 0.15) is 0 Å². The van der Waals surface area contributed by atoms with Crippen molar-refractivity contribution >= 4 is 18.4 Å². The number of nitrogens with zero attached hydrogens (tertiary/aromatic N) is 2. The molecule has 0 saturated carbocycles. The van der Waals surface area contributed by atoms with Crippen LogP contribution in [0.1, 0.15) is 32.1 Å². The zero-order chi connectivity index (χ0) is 15.9. The van der Waals surface area contributed by atoms with Crippen LogP contribution < -0.4 is 0 Å². The van der Waals surface area contributed by atoms with Crippen LogP contribution in [0.5, 0.6) is 0 Å². The molecule has 0 bridgehead atoms. The molecule has 0 fully saturated rings. The molecule has 0 aromatic heterocycles. The smallest absolute Gasteiger partial charge is 0.348 e. The summed E-state index contributed by atoms with van der Waals surface area (Å²) in [7, 11) is 0. The topological polar surface area (TPSA) is 126 Å². The first-order valence-corrected chi connectivity index (χ1v) is 6.31. The van der Waals surface area contributed by atoms with Crippen LogP contribution in [-0.4, -0.2) is 37.7 Å². The summed E-state index contributed by atoms with van der Waals surface area (Å²) in [5.74, 6) is -1.59. The molecule has 0 rings (SSSR count). The molecule has 0 saturated heterocycles. The average Bonchev–Trinajstić information content (AvgIpc) is 2.47. The lowest BCUT2D eigenvalue weighted by molar-refractivity contribution is -0.166. The van der Waals surface area contributed by atoms with E-state index in [1.165, 1.54) is 0 Å². The van der Waals surface area contributed by atoms with Gasteiger partial charge >= 0.3 is 11.9 Å². The van der Waals surface area contributed by atoms with Gasteiger partial charge in [0.15, 0.2) is 0 Å². The number of hydrogen-bond donors (Lipinski definition) is 0. The Balaban J connectivity index is 4.12. The van der Waals surface area contributed by atoms with E-state index in [1.807, 2.05) is 12.1 Å². The van der Waals surface area contributed by atoms with Gasteiger partial charge in [-0.3, -0.25) is 9.59 Å². The molecule has 0 aromatic rings. The number of unbranched alkanes of at least 4 members (excludes halogenated alkanes) is 2.